The van der Waals surface area contributed by atoms with Crippen molar-refractivity contribution in [3.05, 3.63) is 0 Å². The van der Waals surface area contributed by atoms with E-state index in [2.05, 4.69) is 17.1 Å². The van der Waals surface area contributed by atoms with Crippen molar-refractivity contribution in [1.29, 1.82) is 0 Å². The molecule has 0 aromatic carbocycles. The largest absolute Gasteiger partial charge is 0.368 e. The van der Waals surface area contributed by atoms with Crippen molar-refractivity contribution < 1.29 is 4.79 Å². The summed E-state index contributed by atoms with van der Waals surface area (Å²) < 4.78 is 0. The highest BCUT2D eigenvalue weighted by Crippen LogP contribution is 2.37. The summed E-state index contributed by atoms with van der Waals surface area (Å²) in [4.78, 5) is 14.3. The van der Waals surface area contributed by atoms with Crippen molar-refractivity contribution in [3.8, 4) is 0 Å². The van der Waals surface area contributed by atoms with E-state index in [1.54, 1.807) is 0 Å². The molecule has 2 aliphatic rings. The third-order valence-corrected chi connectivity index (χ3v) is 4.69. The third-order valence-electron chi connectivity index (χ3n) is 4.69. The smallest absolute Gasteiger partial charge is 0.237 e. The topological polar surface area (TPSA) is 58.4 Å². The molecule has 1 saturated carbocycles. The average Bonchev–Trinajstić information content (AvgIpc) is 2.39. The Morgan fingerprint density at radius 2 is 1.94 bits per heavy atom. The van der Waals surface area contributed by atoms with Crippen LogP contribution in [0.2, 0.25) is 0 Å². The zero-order chi connectivity index (χ0) is 12.3. The van der Waals surface area contributed by atoms with Crippen molar-refractivity contribution in [1.82, 2.24) is 10.2 Å². The first-order valence-electron chi connectivity index (χ1n) is 6.94. The number of nitrogens with two attached hydrogens (primary N) is 1. The molecule has 98 valence electrons. The molecule has 0 unspecified atom stereocenters. The van der Waals surface area contributed by atoms with Crippen LogP contribution in [0.3, 0.4) is 0 Å². The molecule has 0 aromatic rings. The molecule has 1 amide bonds. The van der Waals surface area contributed by atoms with E-state index in [1.165, 1.54) is 6.42 Å². The number of piperazine rings is 1. The third kappa shape index (κ3) is 2.47. The maximum Gasteiger partial charge on any atom is 0.237 e. The second-order valence-electron chi connectivity index (χ2n) is 5.48. The minimum absolute atomic E-state index is 0.103. The number of carbonyl (C=O) groups is 1. The first-order chi connectivity index (χ1) is 8.19. The van der Waals surface area contributed by atoms with E-state index < -0.39 is 0 Å². The molecule has 2 rings (SSSR count). The second-order valence-corrected chi connectivity index (χ2v) is 5.48. The number of hydrogen-bond donors (Lipinski definition) is 2. The summed E-state index contributed by atoms with van der Waals surface area (Å²) in [6, 6.07) is 0. The Bertz CT molecular complexity index is 266. The van der Waals surface area contributed by atoms with Gasteiger partial charge in [-0.15, -0.1) is 0 Å². The highest BCUT2D eigenvalue weighted by atomic mass is 16.1. The number of carbonyl (C=O) groups excluding carboxylic acids is 1. The van der Waals surface area contributed by atoms with Crippen molar-refractivity contribution >= 4 is 5.91 Å². The van der Waals surface area contributed by atoms with Crippen LogP contribution >= 0.6 is 0 Å². The molecule has 1 aliphatic heterocycles. The lowest BCUT2D eigenvalue weighted by atomic mass is 9.74. The van der Waals surface area contributed by atoms with E-state index in [4.69, 9.17) is 5.73 Å². The Morgan fingerprint density at radius 1 is 1.35 bits per heavy atom. The summed E-state index contributed by atoms with van der Waals surface area (Å²) in [5, 5.41) is 3.34. The molecule has 3 N–H and O–H groups in total. The van der Waals surface area contributed by atoms with Gasteiger partial charge in [0.25, 0.3) is 0 Å². The minimum Gasteiger partial charge on any atom is -0.368 e. The maximum absolute atomic E-state index is 11.9. The van der Waals surface area contributed by atoms with Crippen molar-refractivity contribution in [2.75, 3.05) is 26.2 Å². The summed E-state index contributed by atoms with van der Waals surface area (Å²) in [6.45, 7) is 6.12. The maximum atomic E-state index is 11.9. The molecule has 4 heteroatoms. The first-order valence-corrected chi connectivity index (χ1v) is 6.94. The summed E-state index contributed by atoms with van der Waals surface area (Å²) in [7, 11) is 0. The number of hydrogen-bond acceptors (Lipinski definition) is 3. The molecule has 4 nitrogen and oxygen atoms in total. The van der Waals surface area contributed by atoms with E-state index in [-0.39, 0.29) is 11.4 Å². The fourth-order valence-electron chi connectivity index (χ4n) is 3.37. The van der Waals surface area contributed by atoms with Gasteiger partial charge < -0.3 is 11.1 Å². The zero-order valence-corrected chi connectivity index (χ0v) is 10.9. The SMILES string of the molecule is CCC1CCC(C(N)=O)(N2CCNCC2)CC1. The predicted octanol–water partition coefficient (Wildman–Crippen LogP) is 0.716. The lowest BCUT2D eigenvalue weighted by Crippen LogP contribution is -2.63. The van der Waals surface area contributed by atoms with Gasteiger partial charge in [0.2, 0.25) is 5.91 Å². The lowest BCUT2D eigenvalue weighted by Gasteiger charge is -2.47. The van der Waals surface area contributed by atoms with Crippen LogP contribution < -0.4 is 11.1 Å². The first kappa shape index (κ1) is 12.8. The van der Waals surface area contributed by atoms with Crippen molar-refractivity contribution in [2.24, 2.45) is 11.7 Å². The van der Waals surface area contributed by atoms with E-state index in [1.807, 2.05) is 0 Å². The molecule has 1 saturated heterocycles. The van der Waals surface area contributed by atoms with Crippen molar-refractivity contribution in [3.63, 3.8) is 0 Å². The Kier molecular flexibility index (Phi) is 4.05. The molecular weight excluding hydrogens is 214 g/mol. The number of amides is 1. The number of nitrogens with one attached hydrogen (secondary N) is 1. The highest BCUT2D eigenvalue weighted by Gasteiger charge is 2.44. The van der Waals surface area contributed by atoms with Crippen LogP contribution in [0.1, 0.15) is 39.0 Å². The predicted molar refractivity (Wildman–Crippen MR) is 68.6 cm³/mol. The molecule has 0 bridgehead atoms. The number of nitrogens with zero attached hydrogens (tertiary/aromatic N) is 1. The van der Waals surface area contributed by atoms with E-state index >= 15 is 0 Å². The number of primary amides is 1. The summed E-state index contributed by atoms with van der Waals surface area (Å²) in [6.07, 6.45) is 5.46. The summed E-state index contributed by atoms with van der Waals surface area (Å²) >= 11 is 0. The van der Waals surface area contributed by atoms with Gasteiger partial charge in [0.05, 0.1) is 0 Å². The van der Waals surface area contributed by atoms with Gasteiger partial charge in [-0.2, -0.15) is 0 Å². The molecular formula is C13H25N3O. The molecule has 0 aromatic heterocycles. The number of rotatable bonds is 3. The second kappa shape index (κ2) is 5.36. The summed E-state index contributed by atoms with van der Waals surface area (Å²) in [5.74, 6) is 0.694. The average molecular weight is 239 g/mol. The van der Waals surface area contributed by atoms with Gasteiger partial charge in [-0.3, -0.25) is 9.69 Å². The van der Waals surface area contributed by atoms with Crippen LogP contribution in [0.5, 0.6) is 0 Å². The molecule has 17 heavy (non-hydrogen) atoms. The molecule has 1 heterocycles. The zero-order valence-electron chi connectivity index (χ0n) is 10.9. The highest BCUT2D eigenvalue weighted by molar-refractivity contribution is 5.84. The Balaban J connectivity index is 2.07. The molecule has 0 spiro atoms. The Morgan fingerprint density at radius 3 is 2.41 bits per heavy atom. The van der Waals surface area contributed by atoms with Crippen LogP contribution in [0.15, 0.2) is 0 Å². The molecule has 0 atom stereocenters. The fraction of sp³-hybridized carbons (Fsp3) is 0.923. The van der Waals surface area contributed by atoms with Gasteiger partial charge in [-0.25, -0.2) is 0 Å². The van der Waals surface area contributed by atoms with Gasteiger partial charge in [0, 0.05) is 26.2 Å². The van der Waals surface area contributed by atoms with Gasteiger partial charge in [-0.05, 0) is 31.6 Å². The van der Waals surface area contributed by atoms with Crippen molar-refractivity contribution in [2.45, 2.75) is 44.6 Å². The Labute approximate surface area is 104 Å². The van der Waals surface area contributed by atoms with Gasteiger partial charge in [0.15, 0.2) is 0 Å². The quantitative estimate of drug-likeness (QED) is 0.763. The van der Waals surface area contributed by atoms with E-state index in [0.717, 1.165) is 57.8 Å². The van der Waals surface area contributed by atoms with Crippen LogP contribution in [0, 0.1) is 5.92 Å². The standard InChI is InChI=1S/C13H25N3O/c1-2-11-3-5-13(6-4-11,12(14)17)16-9-7-15-8-10-16/h11,15H,2-10H2,1H3,(H2,14,17). The van der Waals surface area contributed by atoms with Gasteiger partial charge in [-0.1, -0.05) is 13.3 Å². The van der Waals surface area contributed by atoms with Crippen LogP contribution in [-0.4, -0.2) is 42.5 Å². The van der Waals surface area contributed by atoms with E-state index in [9.17, 15) is 4.79 Å². The van der Waals surface area contributed by atoms with E-state index in [0.29, 0.717) is 0 Å². The van der Waals surface area contributed by atoms with Gasteiger partial charge >= 0.3 is 0 Å². The van der Waals surface area contributed by atoms with Crippen LogP contribution in [-0.2, 0) is 4.79 Å². The molecule has 2 fully saturated rings. The van der Waals surface area contributed by atoms with Crippen LogP contribution in [0.4, 0.5) is 0 Å². The Hall–Kier alpha value is -0.610. The summed E-state index contributed by atoms with van der Waals surface area (Å²) in [5.41, 5.74) is 5.38. The molecule has 0 radical (unpaired) electrons. The van der Waals surface area contributed by atoms with Gasteiger partial charge in [0.1, 0.15) is 5.54 Å². The van der Waals surface area contributed by atoms with Crippen LogP contribution in [0.25, 0.3) is 0 Å². The minimum atomic E-state index is -0.340. The normalized spacial score (nSPS) is 35.7. The fourth-order valence-corrected chi connectivity index (χ4v) is 3.37. The lowest BCUT2D eigenvalue weighted by molar-refractivity contribution is -0.134. The molecule has 1 aliphatic carbocycles. The monoisotopic (exact) mass is 239 g/mol.